The molecule has 1 fully saturated rings. The molecular formula is C15H18ClFO2. The molecule has 19 heavy (non-hydrogen) atoms. The van der Waals surface area contributed by atoms with Gasteiger partial charge in [-0.2, -0.15) is 0 Å². The van der Waals surface area contributed by atoms with Crippen molar-refractivity contribution in [1.29, 1.82) is 0 Å². The standard InChI is InChI=1S/C15H18ClFO2/c1-9-8-11(16)10(2)12(13(9)17)15(14(18)19)6-4-3-5-7-15/h8H,3-7H2,1-2H3,(H,18,19). The van der Waals surface area contributed by atoms with Crippen molar-refractivity contribution >= 4 is 17.6 Å². The second-order valence-corrected chi connectivity index (χ2v) is 5.84. The summed E-state index contributed by atoms with van der Waals surface area (Å²) >= 11 is 6.12. The minimum atomic E-state index is -1.11. The summed E-state index contributed by atoms with van der Waals surface area (Å²) in [7, 11) is 0. The monoisotopic (exact) mass is 284 g/mol. The molecule has 0 unspecified atom stereocenters. The summed E-state index contributed by atoms with van der Waals surface area (Å²) in [6, 6.07) is 1.56. The van der Waals surface area contributed by atoms with Gasteiger partial charge in [-0.3, -0.25) is 4.79 Å². The molecule has 0 heterocycles. The lowest BCUT2D eigenvalue weighted by Crippen LogP contribution is -2.39. The molecule has 104 valence electrons. The summed E-state index contributed by atoms with van der Waals surface area (Å²) < 4.78 is 14.5. The van der Waals surface area contributed by atoms with E-state index in [2.05, 4.69) is 0 Å². The number of carboxylic acid groups (broad SMARTS) is 1. The Morgan fingerprint density at radius 1 is 1.32 bits per heavy atom. The fraction of sp³-hybridized carbons (Fsp3) is 0.533. The zero-order valence-corrected chi connectivity index (χ0v) is 12.0. The van der Waals surface area contributed by atoms with Gasteiger partial charge in [-0.05, 0) is 43.9 Å². The molecule has 0 amide bonds. The zero-order chi connectivity index (χ0) is 14.2. The molecule has 1 aliphatic rings. The number of rotatable bonds is 2. The molecule has 0 spiro atoms. The van der Waals surface area contributed by atoms with Crippen molar-refractivity contribution in [2.45, 2.75) is 51.4 Å². The maximum Gasteiger partial charge on any atom is 0.314 e. The lowest BCUT2D eigenvalue weighted by atomic mass is 9.67. The summed E-state index contributed by atoms with van der Waals surface area (Å²) in [6.07, 6.45) is 3.61. The smallest absolute Gasteiger partial charge is 0.314 e. The molecule has 4 heteroatoms. The number of aryl methyl sites for hydroxylation is 1. The molecule has 1 aromatic carbocycles. The average molecular weight is 285 g/mol. The molecule has 2 nitrogen and oxygen atoms in total. The van der Waals surface area contributed by atoms with Gasteiger partial charge in [0.2, 0.25) is 0 Å². The van der Waals surface area contributed by atoms with E-state index in [0.717, 1.165) is 19.3 Å². The number of carbonyl (C=O) groups is 1. The Morgan fingerprint density at radius 3 is 2.42 bits per heavy atom. The first kappa shape index (κ1) is 14.3. The average Bonchev–Trinajstić information content (AvgIpc) is 2.37. The van der Waals surface area contributed by atoms with Gasteiger partial charge >= 0.3 is 5.97 Å². The third kappa shape index (κ3) is 2.25. The Labute approximate surface area is 117 Å². The van der Waals surface area contributed by atoms with Crippen LogP contribution in [-0.2, 0) is 10.2 Å². The highest BCUT2D eigenvalue weighted by Crippen LogP contribution is 2.44. The first-order valence-corrected chi connectivity index (χ1v) is 6.97. The van der Waals surface area contributed by atoms with E-state index < -0.39 is 17.2 Å². The van der Waals surface area contributed by atoms with Crippen molar-refractivity contribution in [3.63, 3.8) is 0 Å². The van der Waals surface area contributed by atoms with Crippen LogP contribution in [0.4, 0.5) is 4.39 Å². The van der Waals surface area contributed by atoms with Gasteiger partial charge in [-0.1, -0.05) is 30.9 Å². The summed E-state index contributed by atoms with van der Waals surface area (Å²) in [6.45, 7) is 3.34. The Bertz CT molecular complexity index is 493. The van der Waals surface area contributed by atoms with E-state index in [0.29, 0.717) is 34.6 Å². The van der Waals surface area contributed by atoms with Gasteiger partial charge in [-0.25, -0.2) is 4.39 Å². The van der Waals surface area contributed by atoms with E-state index in [9.17, 15) is 14.3 Å². The highest BCUT2D eigenvalue weighted by atomic mass is 35.5. The van der Waals surface area contributed by atoms with Crippen molar-refractivity contribution in [3.05, 3.63) is 33.6 Å². The predicted octanol–water partition coefficient (Wildman–Crippen LogP) is 4.38. The van der Waals surface area contributed by atoms with Crippen LogP contribution in [0, 0.1) is 19.7 Å². The fourth-order valence-electron chi connectivity index (χ4n) is 3.14. The minimum Gasteiger partial charge on any atom is -0.481 e. The van der Waals surface area contributed by atoms with Crippen LogP contribution in [0.2, 0.25) is 5.02 Å². The van der Waals surface area contributed by atoms with Crippen LogP contribution in [0.25, 0.3) is 0 Å². The van der Waals surface area contributed by atoms with Crippen LogP contribution >= 0.6 is 11.6 Å². The van der Waals surface area contributed by atoms with Crippen LogP contribution in [-0.4, -0.2) is 11.1 Å². The predicted molar refractivity (Wildman–Crippen MR) is 73.3 cm³/mol. The molecule has 1 aliphatic carbocycles. The number of hydrogen-bond acceptors (Lipinski definition) is 1. The Hall–Kier alpha value is -1.09. The van der Waals surface area contributed by atoms with E-state index in [4.69, 9.17) is 11.6 Å². The van der Waals surface area contributed by atoms with Crippen molar-refractivity contribution in [3.8, 4) is 0 Å². The molecule has 0 radical (unpaired) electrons. The second kappa shape index (κ2) is 5.12. The topological polar surface area (TPSA) is 37.3 Å². The Kier molecular flexibility index (Phi) is 3.86. The first-order valence-electron chi connectivity index (χ1n) is 6.59. The zero-order valence-electron chi connectivity index (χ0n) is 11.2. The Morgan fingerprint density at radius 2 is 1.89 bits per heavy atom. The lowest BCUT2D eigenvalue weighted by molar-refractivity contribution is -0.145. The van der Waals surface area contributed by atoms with Gasteiger partial charge in [0.25, 0.3) is 0 Å². The summed E-state index contributed by atoms with van der Waals surface area (Å²) in [5, 5.41) is 10.1. The number of hydrogen-bond donors (Lipinski definition) is 1. The normalized spacial score (nSPS) is 18.3. The third-order valence-electron chi connectivity index (χ3n) is 4.24. The van der Waals surface area contributed by atoms with Gasteiger partial charge in [-0.15, -0.1) is 0 Å². The van der Waals surface area contributed by atoms with Crippen LogP contribution in [0.1, 0.15) is 48.8 Å². The molecule has 0 bridgehead atoms. The molecule has 1 saturated carbocycles. The maximum absolute atomic E-state index is 14.5. The molecule has 0 aromatic heterocycles. The van der Waals surface area contributed by atoms with E-state index in [-0.39, 0.29) is 0 Å². The Balaban J connectivity index is 2.70. The van der Waals surface area contributed by atoms with Gasteiger partial charge in [0.05, 0.1) is 5.41 Å². The summed E-state index contributed by atoms with van der Waals surface area (Å²) in [5.74, 6) is -1.35. The largest absolute Gasteiger partial charge is 0.481 e. The van der Waals surface area contributed by atoms with E-state index >= 15 is 0 Å². The van der Waals surface area contributed by atoms with Crippen molar-refractivity contribution in [1.82, 2.24) is 0 Å². The van der Waals surface area contributed by atoms with Gasteiger partial charge in [0.15, 0.2) is 0 Å². The number of halogens is 2. The first-order chi connectivity index (χ1) is 8.90. The van der Waals surface area contributed by atoms with Crippen molar-refractivity contribution < 1.29 is 14.3 Å². The maximum atomic E-state index is 14.5. The van der Waals surface area contributed by atoms with Gasteiger partial charge < -0.3 is 5.11 Å². The summed E-state index contributed by atoms with van der Waals surface area (Å²) in [5.41, 5.74) is 0.165. The fourth-order valence-corrected chi connectivity index (χ4v) is 3.40. The van der Waals surface area contributed by atoms with E-state index in [1.165, 1.54) is 0 Å². The van der Waals surface area contributed by atoms with Gasteiger partial charge in [0, 0.05) is 10.6 Å². The van der Waals surface area contributed by atoms with Crippen LogP contribution in [0.3, 0.4) is 0 Å². The number of benzene rings is 1. The van der Waals surface area contributed by atoms with Crippen LogP contribution in [0.5, 0.6) is 0 Å². The molecule has 0 aliphatic heterocycles. The second-order valence-electron chi connectivity index (χ2n) is 5.44. The van der Waals surface area contributed by atoms with Crippen molar-refractivity contribution in [2.75, 3.05) is 0 Å². The minimum absolute atomic E-state index is 0.296. The molecule has 1 N–H and O–H groups in total. The molecule has 0 saturated heterocycles. The molecule has 2 rings (SSSR count). The van der Waals surface area contributed by atoms with Crippen LogP contribution in [0.15, 0.2) is 6.07 Å². The highest BCUT2D eigenvalue weighted by molar-refractivity contribution is 6.31. The SMILES string of the molecule is Cc1cc(Cl)c(C)c(C2(C(=O)O)CCCCC2)c1F. The van der Waals surface area contributed by atoms with E-state index in [1.54, 1.807) is 19.9 Å². The van der Waals surface area contributed by atoms with Crippen molar-refractivity contribution in [2.24, 2.45) is 0 Å². The highest BCUT2D eigenvalue weighted by Gasteiger charge is 2.44. The van der Waals surface area contributed by atoms with E-state index in [1.807, 2.05) is 0 Å². The van der Waals surface area contributed by atoms with Gasteiger partial charge in [0.1, 0.15) is 5.82 Å². The number of aliphatic carboxylic acids is 1. The number of carboxylic acids is 1. The van der Waals surface area contributed by atoms with Crippen LogP contribution < -0.4 is 0 Å². The molecular weight excluding hydrogens is 267 g/mol. The summed E-state index contributed by atoms with van der Waals surface area (Å²) in [4.78, 5) is 11.8. The lowest BCUT2D eigenvalue weighted by Gasteiger charge is -2.35. The quantitative estimate of drug-likeness (QED) is 0.875. The molecule has 1 aromatic rings. The third-order valence-corrected chi connectivity index (χ3v) is 4.63. The molecule has 0 atom stereocenters.